The van der Waals surface area contributed by atoms with E-state index in [-0.39, 0.29) is 17.2 Å². The number of anilines is 2. The van der Waals surface area contributed by atoms with Gasteiger partial charge in [-0.2, -0.15) is 0 Å². The molecule has 7 nitrogen and oxygen atoms in total. The molecule has 0 atom stereocenters. The van der Waals surface area contributed by atoms with E-state index in [0.717, 1.165) is 5.56 Å². The second-order valence-electron chi connectivity index (χ2n) is 7.54. The Kier molecular flexibility index (Phi) is 5.10. The maximum Gasteiger partial charge on any atom is 0.261 e. The van der Waals surface area contributed by atoms with E-state index in [0.29, 0.717) is 40.2 Å². The minimum atomic E-state index is -0.398. The topological polar surface area (TPSA) is 95.1 Å². The molecule has 3 N–H and O–H groups in total. The molecular formula is C25H20FN5O2. The fourth-order valence-corrected chi connectivity index (χ4v) is 3.74. The van der Waals surface area contributed by atoms with Crippen LogP contribution in [0.5, 0.6) is 5.75 Å². The highest BCUT2D eigenvalue weighted by Gasteiger charge is 2.24. The smallest absolute Gasteiger partial charge is 0.261 e. The number of nitrogens with two attached hydrogens (primary N) is 1. The molecule has 0 aliphatic carbocycles. The predicted octanol–water partition coefficient (Wildman–Crippen LogP) is 4.62. The number of ether oxygens (including phenoxy) is 1. The molecule has 164 valence electrons. The summed E-state index contributed by atoms with van der Waals surface area (Å²) in [6, 6.07) is 20.5. The molecule has 0 radical (unpaired) electrons. The largest absolute Gasteiger partial charge is 0.497 e. The molecule has 0 aliphatic rings. The van der Waals surface area contributed by atoms with Crippen molar-refractivity contribution in [2.45, 2.75) is 6.54 Å². The number of para-hydroxylation sites is 2. The number of halogens is 1. The number of rotatable bonds is 5. The molecule has 2 aromatic heterocycles. The van der Waals surface area contributed by atoms with Crippen LogP contribution in [-0.2, 0) is 6.54 Å². The zero-order chi connectivity index (χ0) is 22.9. The summed E-state index contributed by atoms with van der Waals surface area (Å²) in [6.45, 7) is 0.311. The maximum atomic E-state index is 13.4. The second-order valence-corrected chi connectivity index (χ2v) is 7.54. The Balaban J connectivity index is 1.63. The lowest BCUT2D eigenvalue weighted by Gasteiger charge is -2.09. The van der Waals surface area contributed by atoms with Crippen LogP contribution in [0.25, 0.3) is 22.2 Å². The minimum absolute atomic E-state index is 0.232. The molecule has 1 amide bonds. The molecule has 8 heteroatoms. The number of hydrogen-bond acceptors (Lipinski definition) is 5. The van der Waals surface area contributed by atoms with Gasteiger partial charge in [-0.3, -0.25) is 4.79 Å². The van der Waals surface area contributed by atoms with Gasteiger partial charge in [0.2, 0.25) is 0 Å². The lowest BCUT2D eigenvalue weighted by Crippen LogP contribution is -2.15. The zero-order valence-corrected chi connectivity index (χ0v) is 17.7. The summed E-state index contributed by atoms with van der Waals surface area (Å²) in [5.74, 6) is 0.191. The van der Waals surface area contributed by atoms with Crippen molar-refractivity contribution in [1.82, 2.24) is 14.5 Å². The lowest BCUT2D eigenvalue weighted by molar-refractivity contribution is 0.102. The summed E-state index contributed by atoms with van der Waals surface area (Å²) in [5.41, 5.74) is 10.4. The normalized spacial score (nSPS) is 11.1. The summed E-state index contributed by atoms with van der Waals surface area (Å²) >= 11 is 0. The zero-order valence-electron chi connectivity index (χ0n) is 17.7. The molecule has 0 saturated carbocycles. The van der Waals surface area contributed by atoms with Crippen molar-refractivity contribution in [1.29, 1.82) is 0 Å². The van der Waals surface area contributed by atoms with Gasteiger partial charge < -0.3 is 20.4 Å². The van der Waals surface area contributed by atoms with Gasteiger partial charge in [0.15, 0.2) is 5.65 Å². The van der Waals surface area contributed by atoms with Gasteiger partial charge in [-0.15, -0.1) is 0 Å². The van der Waals surface area contributed by atoms with Gasteiger partial charge in [0, 0.05) is 5.69 Å². The van der Waals surface area contributed by atoms with E-state index >= 15 is 0 Å². The van der Waals surface area contributed by atoms with Crippen LogP contribution in [-0.4, -0.2) is 27.6 Å². The van der Waals surface area contributed by atoms with Gasteiger partial charge in [-0.05, 0) is 54.1 Å². The van der Waals surface area contributed by atoms with Crippen molar-refractivity contribution in [2.75, 3.05) is 18.2 Å². The summed E-state index contributed by atoms with van der Waals surface area (Å²) in [7, 11) is 1.58. The van der Waals surface area contributed by atoms with E-state index in [9.17, 15) is 9.18 Å². The van der Waals surface area contributed by atoms with Gasteiger partial charge in [0.1, 0.15) is 28.5 Å². The van der Waals surface area contributed by atoms with Crippen molar-refractivity contribution < 1.29 is 13.9 Å². The lowest BCUT2D eigenvalue weighted by atomic mass is 10.2. The average Bonchev–Trinajstić information content (AvgIpc) is 3.09. The highest BCUT2D eigenvalue weighted by Crippen LogP contribution is 2.29. The molecule has 0 saturated heterocycles. The first kappa shape index (κ1) is 20.4. The van der Waals surface area contributed by atoms with E-state index in [2.05, 4.69) is 5.32 Å². The molecule has 0 spiro atoms. The van der Waals surface area contributed by atoms with Crippen LogP contribution >= 0.6 is 0 Å². The van der Waals surface area contributed by atoms with Crippen LogP contribution in [0.3, 0.4) is 0 Å². The third-order valence-electron chi connectivity index (χ3n) is 5.42. The van der Waals surface area contributed by atoms with Crippen molar-refractivity contribution >= 4 is 39.6 Å². The van der Waals surface area contributed by atoms with Crippen molar-refractivity contribution in [3.8, 4) is 5.75 Å². The molecule has 0 aliphatic heterocycles. The fourth-order valence-electron chi connectivity index (χ4n) is 3.74. The van der Waals surface area contributed by atoms with Gasteiger partial charge in [0.05, 0.1) is 24.7 Å². The van der Waals surface area contributed by atoms with Crippen LogP contribution in [0.2, 0.25) is 0 Å². The number of carbonyl (C=O) groups is 1. The second kappa shape index (κ2) is 8.23. The minimum Gasteiger partial charge on any atom is -0.497 e. The Morgan fingerprint density at radius 1 is 1.00 bits per heavy atom. The number of hydrogen-bond donors (Lipinski definition) is 2. The molecular weight excluding hydrogens is 421 g/mol. The van der Waals surface area contributed by atoms with Crippen LogP contribution in [0.15, 0.2) is 72.8 Å². The Labute approximate surface area is 188 Å². The van der Waals surface area contributed by atoms with Gasteiger partial charge in [0.25, 0.3) is 5.91 Å². The number of benzene rings is 3. The quantitative estimate of drug-likeness (QED) is 0.415. The van der Waals surface area contributed by atoms with Crippen molar-refractivity contribution in [3.05, 3.63) is 89.7 Å². The summed E-state index contributed by atoms with van der Waals surface area (Å²) < 4.78 is 20.3. The van der Waals surface area contributed by atoms with E-state index < -0.39 is 5.91 Å². The number of nitrogens with one attached hydrogen (secondary N) is 1. The highest BCUT2D eigenvalue weighted by atomic mass is 19.1. The van der Waals surface area contributed by atoms with Gasteiger partial charge in [-0.1, -0.05) is 24.3 Å². The summed E-state index contributed by atoms with van der Waals surface area (Å²) in [5, 5.41) is 2.87. The Morgan fingerprint density at radius 2 is 1.67 bits per heavy atom. The SMILES string of the molecule is COc1ccc(NC(=O)c2c(N)n(Cc3ccc(F)cc3)c3nc4ccccc4nc23)cc1. The molecule has 3 aromatic carbocycles. The highest BCUT2D eigenvalue weighted by molar-refractivity contribution is 6.16. The molecule has 2 heterocycles. The van der Waals surface area contributed by atoms with Crippen molar-refractivity contribution in [3.63, 3.8) is 0 Å². The van der Waals surface area contributed by atoms with Crippen LogP contribution in [0.4, 0.5) is 15.9 Å². The third kappa shape index (κ3) is 3.82. The number of carbonyl (C=O) groups excluding carboxylic acids is 1. The number of aromatic nitrogens is 3. The van der Waals surface area contributed by atoms with E-state index in [1.807, 2.05) is 24.3 Å². The van der Waals surface area contributed by atoms with E-state index in [1.54, 1.807) is 48.1 Å². The molecule has 5 aromatic rings. The first-order chi connectivity index (χ1) is 16.0. The molecule has 0 unspecified atom stereocenters. The monoisotopic (exact) mass is 441 g/mol. The maximum absolute atomic E-state index is 13.4. The molecule has 0 bridgehead atoms. The molecule has 0 fully saturated rings. The standard InChI is InChI=1S/C25H20FN5O2/c1-33-18-12-10-17(11-13-18)28-25(32)21-22-24(30-20-5-3-2-4-19(20)29-22)31(23(21)27)14-15-6-8-16(26)9-7-15/h2-13H,14,27H2,1H3,(H,28,32). The number of fused-ring (bicyclic) bond motifs is 2. The average molecular weight is 441 g/mol. The summed E-state index contributed by atoms with van der Waals surface area (Å²) in [4.78, 5) is 22.7. The number of nitrogens with zero attached hydrogens (tertiary/aromatic N) is 3. The number of nitrogen functional groups attached to an aromatic ring is 1. The van der Waals surface area contributed by atoms with Gasteiger partial charge in [-0.25, -0.2) is 14.4 Å². The first-order valence-electron chi connectivity index (χ1n) is 10.3. The number of methoxy groups -OCH3 is 1. The van der Waals surface area contributed by atoms with Gasteiger partial charge >= 0.3 is 0 Å². The Hall–Kier alpha value is -4.46. The Bertz CT molecular complexity index is 1480. The summed E-state index contributed by atoms with van der Waals surface area (Å²) in [6.07, 6.45) is 0. The molecule has 33 heavy (non-hydrogen) atoms. The number of amides is 1. The Morgan fingerprint density at radius 3 is 2.33 bits per heavy atom. The van der Waals surface area contributed by atoms with Crippen LogP contribution in [0, 0.1) is 5.82 Å². The van der Waals surface area contributed by atoms with E-state index in [4.69, 9.17) is 20.4 Å². The first-order valence-corrected chi connectivity index (χ1v) is 10.3. The van der Waals surface area contributed by atoms with E-state index in [1.165, 1.54) is 12.1 Å². The predicted molar refractivity (Wildman–Crippen MR) is 126 cm³/mol. The fraction of sp³-hybridized carbons (Fsp3) is 0.0800. The van der Waals surface area contributed by atoms with Crippen LogP contribution in [0.1, 0.15) is 15.9 Å². The van der Waals surface area contributed by atoms with Crippen LogP contribution < -0.4 is 15.8 Å². The third-order valence-corrected chi connectivity index (χ3v) is 5.42. The molecule has 5 rings (SSSR count). The van der Waals surface area contributed by atoms with Crippen molar-refractivity contribution in [2.24, 2.45) is 0 Å².